The van der Waals surface area contributed by atoms with Crippen LogP contribution in [0.15, 0.2) is 0 Å². The minimum Gasteiger partial charge on any atom is -0.369 e. The smallest absolute Gasteiger partial charge is 0.220 e. The summed E-state index contributed by atoms with van der Waals surface area (Å²) in [5, 5.41) is 0. The molecule has 12 heavy (non-hydrogen) atoms. The van der Waals surface area contributed by atoms with Gasteiger partial charge in [-0.25, -0.2) is 0 Å². The van der Waals surface area contributed by atoms with Crippen molar-refractivity contribution in [3.63, 3.8) is 0 Å². The van der Waals surface area contributed by atoms with E-state index < -0.39 is 0 Å². The summed E-state index contributed by atoms with van der Waals surface area (Å²) in [6.07, 6.45) is 3.16. The van der Waals surface area contributed by atoms with Crippen molar-refractivity contribution >= 4 is 5.91 Å². The Labute approximate surface area is 74.5 Å². The maximum atomic E-state index is 10.9. The fourth-order valence-corrected chi connectivity index (χ4v) is 2.03. The fraction of sp³-hybridized carbons (Fsp3) is 0.900. The molecule has 1 saturated carbocycles. The average molecular weight is 169 g/mol. The number of nitrogens with two attached hydrogens (primary N) is 1. The van der Waals surface area contributed by atoms with Crippen molar-refractivity contribution in [2.24, 2.45) is 23.0 Å². The molecule has 0 aliphatic heterocycles. The van der Waals surface area contributed by atoms with Crippen molar-refractivity contribution < 1.29 is 4.79 Å². The minimum atomic E-state index is -0.109. The number of carbonyl (C=O) groups is 1. The molecule has 0 aromatic heterocycles. The third-order valence-corrected chi connectivity index (χ3v) is 3.06. The van der Waals surface area contributed by atoms with Crippen LogP contribution in [0.4, 0.5) is 0 Å². The Morgan fingerprint density at radius 3 is 2.17 bits per heavy atom. The van der Waals surface area contributed by atoms with Crippen molar-refractivity contribution in [3.8, 4) is 0 Å². The fourth-order valence-electron chi connectivity index (χ4n) is 2.03. The van der Waals surface area contributed by atoms with Crippen LogP contribution in [-0.4, -0.2) is 5.91 Å². The van der Waals surface area contributed by atoms with Gasteiger partial charge in [0.15, 0.2) is 0 Å². The Balaban J connectivity index is 2.51. The van der Waals surface area contributed by atoms with Gasteiger partial charge in [-0.3, -0.25) is 4.79 Å². The molecule has 1 fully saturated rings. The summed E-state index contributed by atoms with van der Waals surface area (Å²) in [7, 11) is 0. The van der Waals surface area contributed by atoms with Gasteiger partial charge in [-0.2, -0.15) is 0 Å². The molecule has 1 amide bonds. The summed E-state index contributed by atoms with van der Waals surface area (Å²) in [5.41, 5.74) is 5.60. The number of hydrogen-bond acceptors (Lipinski definition) is 1. The minimum absolute atomic E-state index is 0.109. The Morgan fingerprint density at radius 2 is 1.92 bits per heavy atom. The molecule has 2 heteroatoms. The molecule has 2 unspecified atom stereocenters. The lowest BCUT2D eigenvalue weighted by atomic mass is 9.79. The molecular weight excluding hydrogens is 150 g/mol. The van der Waals surface area contributed by atoms with Gasteiger partial charge in [0.25, 0.3) is 0 Å². The molecule has 2 N–H and O–H groups in total. The first kappa shape index (κ1) is 9.56. The Morgan fingerprint density at radius 1 is 1.33 bits per heavy atom. The number of rotatable bonds is 1. The summed E-state index contributed by atoms with van der Waals surface area (Å²) < 4.78 is 0. The Bertz CT molecular complexity index is 181. The van der Waals surface area contributed by atoms with Crippen molar-refractivity contribution in [1.82, 2.24) is 0 Å². The Kier molecular flexibility index (Phi) is 2.45. The quantitative estimate of drug-likeness (QED) is 0.640. The highest BCUT2D eigenvalue weighted by molar-refractivity contribution is 5.76. The molecule has 0 bridgehead atoms. The summed E-state index contributed by atoms with van der Waals surface area (Å²) in [4.78, 5) is 10.9. The summed E-state index contributed by atoms with van der Waals surface area (Å²) in [5.74, 6) is 0.714. The van der Waals surface area contributed by atoms with Crippen LogP contribution in [-0.2, 0) is 4.79 Å². The number of hydrogen-bond donors (Lipinski definition) is 1. The largest absolute Gasteiger partial charge is 0.369 e. The number of carbonyl (C=O) groups excluding carboxylic acids is 1. The first-order valence-electron chi connectivity index (χ1n) is 4.70. The van der Waals surface area contributed by atoms with E-state index in [-0.39, 0.29) is 11.8 Å². The molecule has 1 aliphatic carbocycles. The van der Waals surface area contributed by atoms with Gasteiger partial charge in [0.2, 0.25) is 5.91 Å². The zero-order valence-corrected chi connectivity index (χ0v) is 8.26. The first-order valence-corrected chi connectivity index (χ1v) is 4.70. The zero-order valence-electron chi connectivity index (χ0n) is 8.26. The molecule has 0 saturated heterocycles. The molecule has 0 aromatic rings. The third kappa shape index (κ3) is 1.99. The Hall–Kier alpha value is -0.530. The van der Waals surface area contributed by atoms with Crippen LogP contribution in [0.2, 0.25) is 0 Å². The van der Waals surface area contributed by atoms with Crippen LogP contribution in [0, 0.1) is 17.3 Å². The molecule has 2 atom stereocenters. The van der Waals surface area contributed by atoms with E-state index in [9.17, 15) is 4.79 Å². The second-order valence-electron chi connectivity index (χ2n) is 4.98. The molecule has 1 rings (SSSR count). The molecule has 0 spiro atoms. The van der Waals surface area contributed by atoms with Gasteiger partial charge >= 0.3 is 0 Å². The van der Waals surface area contributed by atoms with Crippen LogP contribution < -0.4 is 5.73 Å². The van der Waals surface area contributed by atoms with Crippen molar-refractivity contribution in [1.29, 1.82) is 0 Å². The van der Waals surface area contributed by atoms with E-state index in [1.54, 1.807) is 0 Å². The second kappa shape index (κ2) is 3.08. The van der Waals surface area contributed by atoms with E-state index in [1.165, 1.54) is 0 Å². The normalized spacial score (nSPS) is 30.6. The topological polar surface area (TPSA) is 43.1 Å². The van der Waals surface area contributed by atoms with Gasteiger partial charge in [0, 0.05) is 5.92 Å². The predicted octanol–water partition coefficient (Wildman–Crippen LogP) is 1.93. The predicted molar refractivity (Wildman–Crippen MR) is 49.5 cm³/mol. The molecule has 2 nitrogen and oxygen atoms in total. The standard InChI is InChI=1S/C10H19NO/c1-10(2,3)8-5-4-7(6-8)9(11)12/h7-8H,4-6H2,1-3H3,(H2,11,12). The number of amides is 1. The van der Waals surface area contributed by atoms with Gasteiger partial charge in [0.05, 0.1) is 0 Å². The maximum Gasteiger partial charge on any atom is 0.220 e. The highest BCUT2D eigenvalue weighted by Gasteiger charge is 2.34. The molecule has 0 radical (unpaired) electrons. The maximum absolute atomic E-state index is 10.9. The average Bonchev–Trinajstić information content (AvgIpc) is 2.30. The lowest BCUT2D eigenvalue weighted by molar-refractivity contribution is -0.121. The van der Waals surface area contributed by atoms with Crippen molar-refractivity contribution in [2.45, 2.75) is 40.0 Å². The monoisotopic (exact) mass is 169 g/mol. The molecule has 1 aliphatic rings. The van der Waals surface area contributed by atoms with E-state index in [0.29, 0.717) is 11.3 Å². The third-order valence-electron chi connectivity index (χ3n) is 3.06. The van der Waals surface area contributed by atoms with Crippen LogP contribution in [0.5, 0.6) is 0 Å². The zero-order chi connectivity index (χ0) is 9.35. The second-order valence-corrected chi connectivity index (χ2v) is 4.98. The summed E-state index contributed by atoms with van der Waals surface area (Å²) >= 11 is 0. The van der Waals surface area contributed by atoms with Crippen molar-refractivity contribution in [2.75, 3.05) is 0 Å². The van der Waals surface area contributed by atoms with Crippen LogP contribution >= 0.6 is 0 Å². The van der Waals surface area contributed by atoms with E-state index in [0.717, 1.165) is 19.3 Å². The highest BCUT2D eigenvalue weighted by atomic mass is 16.1. The SMILES string of the molecule is CC(C)(C)C1CCC(C(N)=O)C1. The van der Waals surface area contributed by atoms with Crippen molar-refractivity contribution in [3.05, 3.63) is 0 Å². The van der Waals surface area contributed by atoms with Gasteiger partial charge < -0.3 is 5.73 Å². The lowest BCUT2D eigenvalue weighted by Crippen LogP contribution is -2.23. The van der Waals surface area contributed by atoms with Crippen LogP contribution in [0.3, 0.4) is 0 Å². The lowest BCUT2D eigenvalue weighted by Gasteiger charge is -2.26. The van der Waals surface area contributed by atoms with Gasteiger partial charge in [-0.1, -0.05) is 20.8 Å². The molecular formula is C10H19NO. The molecule has 0 heterocycles. The van der Waals surface area contributed by atoms with Gasteiger partial charge in [-0.15, -0.1) is 0 Å². The van der Waals surface area contributed by atoms with E-state index in [1.807, 2.05) is 0 Å². The van der Waals surface area contributed by atoms with E-state index in [4.69, 9.17) is 5.73 Å². The van der Waals surface area contributed by atoms with Gasteiger partial charge in [-0.05, 0) is 30.6 Å². The number of primary amides is 1. The van der Waals surface area contributed by atoms with E-state index in [2.05, 4.69) is 20.8 Å². The highest BCUT2D eigenvalue weighted by Crippen LogP contribution is 2.41. The van der Waals surface area contributed by atoms with E-state index >= 15 is 0 Å². The molecule has 0 aromatic carbocycles. The van der Waals surface area contributed by atoms with Crippen LogP contribution in [0.25, 0.3) is 0 Å². The summed E-state index contributed by atoms with van der Waals surface area (Å²) in [6, 6.07) is 0. The summed E-state index contributed by atoms with van der Waals surface area (Å²) in [6.45, 7) is 6.71. The van der Waals surface area contributed by atoms with Crippen LogP contribution in [0.1, 0.15) is 40.0 Å². The molecule has 70 valence electrons. The van der Waals surface area contributed by atoms with Gasteiger partial charge in [0.1, 0.15) is 0 Å². The first-order chi connectivity index (χ1) is 5.41.